The fourth-order valence-corrected chi connectivity index (χ4v) is 6.01. The molecule has 0 aliphatic rings. The number of hydrogen-bond donors (Lipinski definition) is 0. The molecule has 0 bridgehead atoms. The van der Waals surface area contributed by atoms with Crippen LogP contribution in [-0.4, -0.2) is 24.6 Å². The molecule has 23 heavy (non-hydrogen) atoms. The van der Waals surface area contributed by atoms with Crippen LogP contribution in [0.25, 0.3) is 0 Å². The van der Waals surface area contributed by atoms with Crippen molar-refractivity contribution in [2.24, 2.45) is 0 Å². The molecule has 0 fully saturated rings. The second kappa shape index (κ2) is 22.9. The average molecular weight is 361 g/mol. The molecular formula is C21H46P2. The Morgan fingerprint density at radius 3 is 1.13 bits per heavy atom. The standard InChI is InChI=1S/C21H46P2/c1-3-5-7-8-9-10-11-12-13-14-15-16-17-19-23-21-20-22-18-6-4-2/h22-23H,3-21H2,1-2H3. The summed E-state index contributed by atoms with van der Waals surface area (Å²) in [6, 6.07) is 0. The lowest BCUT2D eigenvalue weighted by Gasteiger charge is -2.04. The van der Waals surface area contributed by atoms with E-state index in [0.717, 1.165) is 0 Å². The first kappa shape index (κ1) is 23.9. The number of unbranched alkanes of at least 4 members (excludes halogenated alkanes) is 13. The molecule has 0 aromatic heterocycles. The molecule has 2 atom stereocenters. The van der Waals surface area contributed by atoms with E-state index in [1.54, 1.807) is 0 Å². The van der Waals surface area contributed by atoms with Crippen LogP contribution in [0.1, 0.15) is 110 Å². The van der Waals surface area contributed by atoms with Gasteiger partial charge in [-0.15, -0.1) is 17.2 Å². The Balaban J connectivity index is 2.92. The third-order valence-corrected chi connectivity index (χ3v) is 7.76. The topological polar surface area (TPSA) is 0 Å². The molecule has 0 aromatic rings. The van der Waals surface area contributed by atoms with Gasteiger partial charge in [0, 0.05) is 0 Å². The Labute approximate surface area is 152 Å². The van der Waals surface area contributed by atoms with Crippen molar-refractivity contribution >= 4 is 17.2 Å². The monoisotopic (exact) mass is 360 g/mol. The van der Waals surface area contributed by atoms with Crippen LogP contribution in [-0.2, 0) is 0 Å². The maximum atomic E-state index is 2.31. The maximum Gasteiger partial charge on any atom is -0.0316 e. The molecule has 2 unspecified atom stereocenters. The molecule has 2 heteroatoms. The van der Waals surface area contributed by atoms with Crippen molar-refractivity contribution in [2.75, 3.05) is 24.6 Å². The Bertz CT molecular complexity index is 174. The molecule has 0 heterocycles. The lowest BCUT2D eigenvalue weighted by Crippen LogP contribution is -1.86. The molecule has 0 rings (SSSR count). The van der Waals surface area contributed by atoms with E-state index in [0.29, 0.717) is 0 Å². The second-order valence-corrected chi connectivity index (χ2v) is 10.1. The Morgan fingerprint density at radius 1 is 0.348 bits per heavy atom. The molecule has 0 nitrogen and oxygen atoms in total. The van der Waals surface area contributed by atoms with Crippen molar-refractivity contribution in [3.63, 3.8) is 0 Å². The van der Waals surface area contributed by atoms with Gasteiger partial charge in [-0.3, -0.25) is 0 Å². The summed E-state index contributed by atoms with van der Waals surface area (Å²) in [5.74, 6) is 0. The van der Waals surface area contributed by atoms with E-state index in [1.165, 1.54) is 138 Å². The van der Waals surface area contributed by atoms with Gasteiger partial charge < -0.3 is 0 Å². The highest BCUT2D eigenvalue weighted by Gasteiger charge is 1.94. The highest BCUT2D eigenvalue weighted by atomic mass is 31.1. The van der Waals surface area contributed by atoms with Gasteiger partial charge in [-0.05, 0) is 37.5 Å². The Kier molecular flexibility index (Phi) is 23.7. The van der Waals surface area contributed by atoms with Crippen molar-refractivity contribution in [1.82, 2.24) is 0 Å². The molecule has 0 aromatic carbocycles. The molecule has 0 saturated carbocycles. The molecule has 0 spiro atoms. The smallest absolute Gasteiger partial charge is 0.0316 e. The summed E-state index contributed by atoms with van der Waals surface area (Å²) in [6.45, 7) is 4.61. The van der Waals surface area contributed by atoms with Crippen LogP contribution in [0.3, 0.4) is 0 Å². The lowest BCUT2D eigenvalue weighted by molar-refractivity contribution is 0.543. The molecule has 0 N–H and O–H groups in total. The Morgan fingerprint density at radius 2 is 0.696 bits per heavy atom. The van der Waals surface area contributed by atoms with Gasteiger partial charge in [0.25, 0.3) is 0 Å². The van der Waals surface area contributed by atoms with Gasteiger partial charge in [-0.1, -0.05) is 97.3 Å². The van der Waals surface area contributed by atoms with E-state index in [4.69, 9.17) is 0 Å². The van der Waals surface area contributed by atoms with Crippen LogP contribution in [0.4, 0.5) is 0 Å². The largest absolute Gasteiger partial charge is 0.122 e. The minimum Gasteiger partial charge on any atom is -0.122 e. The van der Waals surface area contributed by atoms with Crippen molar-refractivity contribution < 1.29 is 0 Å². The summed E-state index contributed by atoms with van der Waals surface area (Å²) < 4.78 is 0. The summed E-state index contributed by atoms with van der Waals surface area (Å²) in [7, 11) is 2.52. The maximum absolute atomic E-state index is 2.31. The Hall–Kier alpha value is 0.860. The van der Waals surface area contributed by atoms with Gasteiger partial charge >= 0.3 is 0 Å². The first-order valence-corrected chi connectivity index (χ1v) is 13.7. The predicted molar refractivity (Wildman–Crippen MR) is 117 cm³/mol. The lowest BCUT2D eigenvalue weighted by atomic mass is 10.1. The van der Waals surface area contributed by atoms with Crippen LogP contribution >= 0.6 is 17.2 Å². The van der Waals surface area contributed by atoms with Crippen LogP contribution in [0.2, 0.25) is 0 Å². The summed E-state index contributed by atoms with van der Waals surface area (Å²) in [6.07, 6.45) is 28.2. The average Bonchev–Trinajstić information content (AvgIpc) is 2.57. The zero-order valence-electron chi connectivity index (χ0n) is 16.4. The highest BCUT2D eigenvalue weighted by Crippen LogP contribution is 2.20. The molecule has 0 amide bonds. The SMILES string of the molecule is CCCCCCCCCCCCCCCPCCPCCCC. The molecule has 0 radical (unpaired) electrons. The van der Waals surface area contributed by atoms with Crippen molar-refractivity contribution in [3.8, 4) is 0 Å². The molecule has 0 saturated heterocycles. The first-order chi connectivity index (χ1) is 11.4. The second-order valence-electron chi connectivity index (χ2n) is 7.10. The quantitative estimate of drug-likeness (QED) is 0.151. The molecule has 0 aliphatic carbocycles. The summed E-state index contributed by atoms with van der Waals surface area (Å²) >= 11 is 0. The summed E-state index contributed by atoms with van der Waals surface area (Å²) in [5, 5.41) is 0. The van der Waals surface area contributed by atoms with E-state index in [2.05, 4.69) is 13.8 Å². The van der Waals surface area contributed by atoms with Gasteiger partial charge in [-0.2, -0.15) is 0 Å². The van der Waals surface area contributed by atoms with Gasteiger partial charge in [-0.25, -0.2) is 0 Å². The number of rotatable bonds is 20. The fourth-order valence-electron chi connectivity index (χ4n) is 3.00. The summed E-state index contributed by atoms with van der Waals surface area (Å²) in [5.41, 5.74) is 0. The molecule has 0 aliphatic heterocycles. The van der Waals surface area contributed by atoms with Crippen LogP contribution < -0.4 is 0 Å². The van der Waals surface area contributed by atoms with E-state index in [9.17, 15) is 0 Å². The first-order valence-electron chi connectivity index (χ1n) is 10.8. The zero-order chi connectivity index (χ0) is 16.8. The minimum atomic E-state index is 1.26. The highest BCUT2D eigenvalue weighted by molar-refractivity contribution is 7.42. The van der Waals surface area contributed by atoms with Gasteiger partial charge in [0.1, 0.15) is 0 Å². The van der Waals surface area contributed by atoms with Crippen LogP contribution in [0.5, 0.6) is 0 Å². The van der Waals surface area contributed by atoms with Crippen molar-refractivity contribution in [1.29, 1.82) is 0 Å². The minimum absolute atomic E-state index is 1.26. The molecular weight excluding hydrogens is 314 g/mol. The van der Waals surface area contributed by atoms with E-state index >= 15 is 0 Å². The normalized spacial score (nSPS) is 12.3. The van der Waals surface area contributed by atoms with E-state index in [1.807, 2.05) is 0 Å². The van der Waals surface area contributed by atoms with Crippen molar-refractivity contribution in [3.05, 3.63) is 0 Å². The van der Waals surface area contributed by atoms with Crippen LogP contribution in [0, 0.1) is 0 Å². The third kappa shape index (κ3) is 22.9. The van der Waals surface area contributed by atoms with Crippen molar-refractivity contribution in [2.45, 2.75) is 110 Å². The summed E-state index contributed by atoms with van der Waals surface area (Å²) in [4.78, 5) is 0. The fraction of sp³-hybridized carbons (Fsp3) is 1.00. The predicted octanol–water partition coefficient (Wildman–Crippen LogP) is 8.23. The number of hydrogen-bond acceptors (Lipinski definition) is 0. The third-order valence-electron chi connectivity index (χ3n) is 4.64. The van der Waals surface area contributed by atoms with Crippen LogP contribution in [0.15, 0.2) is 0 Å². The zero-order valence-corrected chi connectivity index (χ0v) is 18.4. The van der Waals surface area contributed by atoms with Gasteiger partial charge in [0.05, 0.1) is 0 Å². The molecule has 140 valence electrons. The van der Waals surface area contributed by atoms with Gasteiger partial charge in [0.15, 0.2) is 0 Å². The van der Waals surface area contributed by atoms with Gasteiger partial charge in [0.2, 0.25) is 0 Å². The van der Waals surface area contributed by atoms with E-state index in [-0.39, 0.29) is 0 Å². The van der Waals surface area contributed by atoms with E-state index < -0.39 is 0 Å².